The molecule has 8 heteroatoms. The second-order valence-corrected chi connectivity index (χ2v) is 7.45. The number of rotatable bonds is 6. The molecule has 6 nitrogen and oxygen atoms in total. The third kappa shape index (κ3) is 6.80. The molecule has 1 aliphatic heterocycles. The third-order valence-corrected chi connectivity index (χ3v) is 5.33. The number of hydrogen-bond donors (Lipinski definition) is 2. The van der Waals surface area contributed by atoms with Crippen molar-refractivity contribution < 1.29 is 4.39 Å². The normalized spacial score (nSPS) is 14.9. The van der Waals surface area contributed by atoms with E-state index in [1.165, 1.54) is 6.07 Å². The fourth-order valence-electron chi connectivity index (χ4n) is 3.53. The number of piperazine rings is 1. The van der Waals surface area contributed by atoms with E-state index in [1.54, 1.807) is 13.1 Å². The van der Waals surface area contributed by atoms with Crippen molar-refractivity contribution in [2.24, 2.45) is 4.99 Å². The molecule has 164 valence electrons. The van der Waals surface area contributed by atoms with Crippen LogP contribution >= 0.6 is 24.0 Å². The van der Waals surface area contributed by atoms with E-state index in [9.17, 15) is 4.39 Å². The van der Waals surface area contributed by atoms with Crippen molar-refractivity contribution in [1.82, 2.24) is 20.5 Å². The van der Waals surface area contributed by atoms with Gasteiger partial charge in [-0.1, -0.05) is 12.1 Å². The van der Waals surface area contributed by atoms with Crippen LogP contribution in [0.25, 0.3) is 0 Å². The van der Waals surface area contributed by atoms with Gasteiger partial charge >= 0.3 is 0 Å². The molecule has 0 bridgehead atoms. The molecule has 0 radical (unpaired) electrons. The van der Waals surface area contributed by atoms with E-state index in [-0.39, 0.29) is 29.8 Å². The predicted octanol–water partition coefficient (Wildman–Crippen LogP) is 2.81. The maximum atomic E-state index is 13.2. The molecule has 1 aromatic heterocycles. The molecule has 0 unspecified atom stereocenters. The first-order chi connectivity index (χ1) is 14.1. The fourth-order valence-corrected chi connectivity index (χ4v) is 3.53. The van der Waals surface area contributed by atoms with Crippen molar-refractivity contribution in [2.75, 3.05) is 51.7 Å². The smallest absolute Gasteiger partial charge is 0.191 e. The largest absolute Gasteiger partial charge is 0.356 e. The highest BCUT2D eigenvalue weighted by molar-refractivity contribution is 14.0. The predicted molar refractivity (Wildman–Crippen MR) is 132 cm³/mol. The van der Waals surface area contributed by atoms with Crippen LogP contribution in [0.5, 0.6) is 0 Å². The number of nitrogens with zero attached hydrogens (tertiary/aromatic N) is 4. The summed E-state index contributed by atoms with van der Waals surface area (Å²) in [6.45, 7) is 7.41. The maximum absolute atomic E-state index is 13.2. The van der Waals surface area contributed by atoms with E-state index in [0.717, 1.165) is 67.6 Å². The number of aliphatic imine (C=N–C) groups is 1. The number of pyridine rings is 1. The summed E-state index contributed by atoms with van der Waals surface area (Å²) in [6, 6.07) is 9.02. The van der Waals surface area contributed by atoms with E-state index in [0.29, 0.717) is 6.54 Å². The summed E-state index contributed by atoms with van der Waals surface area (Å²) in [4.78, 5) is 13.6. The second kappa shape index (κ2) is 12.0. The fraction of sp³-hybridized carbons (Fsp3) is 0.455. The Morgan fingerprint density at radius 3 is 2.60 bits per heavy atom. The van der Waals surface area contributed by atoms with Gasteiger partial charge in [-0.2, -0.15) is 0 Å². The Morgan fingerprint density at radius 2 is 1.90 bits per heavy atom. The Hall–Kier alpha value is -1.94. The van der Waals surface area contributed by atoms with Gasteiger partial charge < -0.3 is 20.4 Å². The molecule has 1 aromatic carbocycles. The van der Waals surface area contributed by atoms with Crippen molar-refractivity contribution in [3.8, 4) is 0 Å². The van der Waals surface area contributed by atoms with Gasteiger partial charge in [0.2, 0.25) is 0 Å². The lowest BCUT2D eigenvalue weighted by atomic mass is 10.1. The molecule has 1 fully saturated rings. The van der Waals surface area contributed by atoms with Crippen molar-refractivity contribution in [2.45, 2.75) is 19.9 Å². The van der Waals surface area contributed by atoms with Crippen LogP contribution in [-0.2, 0) is 13.0 Å². The number of anilines is 1. The van der Waals surface area contributed by atoms with Gasteiger partial charge in [-0.3, -0.25) is 4.99 Å². The van der Waals surface area contributed by atoms with Gasteiger partial charge in [-0.15, -0.1) is 24.0 Å². The molecule has 0 saturated carbocycles. The zero-order chi connectivity index (χ0) is 20.6. The van der Waals surface area contributed by atoms with Crippen molar-refractivity contribution in [3.63, 3.8) is 0 Å². The Morgan fingerprint density at radius 1 is 1.13 bits per heavy atom. The first kappa shape index (κ1) is 24.3. The molecule has 2 N–H and O–H groups in total. The van der Waals surface area contributed by atoms with E-state index >= 15 is 0 Å². The quantitative estimate of drug-likeness (QED) is 0.345. The van der Waals surface area contributed by atoms with Crippen LogP contribution < -0.4 is 15.5 Å². The van der Waals surface area contributed by atoms with Gasteiger partial charge in [0, 0.05) is 58.1 Å². The summed E-state index contributed by atoms with van der Waals surface area (Å²) in [5, 5.41) is 6.73. The number of hydrogen-bond acceptors (Lipinski definition) is 4. The maximum Gasteiger partial charge on any atom is 0.191 e. The van der Waals surface area contributed by atoms with E-state index < -0.39 is 0 Å². The first-order valence-corrected chi connectivity index (χ1v) is 10.1. The SMILES string of the molecule is CN=C(NCCc1ccc(F)cc1C)NCc1cccnc1N1CCN(C)CC1.I. The standard InChI is InChI=1S/C22H31FN6.HI/c1-17-15-20(23)7-6-18(17)8-10-26-22(24-2)27-16-19-5-4-9-25-21(19)29-13-11-28(3)12-14-29;/h4-7,9,15H,8,10-14,16H2,1-3H3,(H2,24,26,27);1H. The zero-order valence-electron chi connectivity index (χ0n) is 18.0. The van der Waals surface area contributed by atoms with Gasteiger partial charge in [0.1, 0.15) is 11.6 Å². The minimum Gasteiger partial charge on any atom is -0.356 e. The molecule has 1 saturated heterocycles. The van der Waals surface area contributed by atoms with Crippen molar-refractivity contribution >= 4 is 35.8 Å². The molecule has 0 amide bonds. The topological polar surface area (TPSA) is 55.8 Å². The van der Waals surface area contributed by atoms with Crippen LogP contribution in [0.3, 0.4) is 0 Å². The molecule has 2 heterocycles. The van der Waals surface area contributed by atoms with Gasteiger partial charge in [0.15, 0.2) is 5.96 Å². The number of nitrogens with one attached hydrogen (secondary N) is 2. The summed E-state index contributed by atoms with van der Waals surface area (Å²) in [6.07, 6.45) is 2.67. The van der Waals surface area contributed by atoms with Gasteiger partial charge in [0.25, 0.3) is 0 Å². The van der Waals surface area contributed by atoms with Crippen LogP contribution in [0.1, 0.15) is 16.7 Å². The molecule has 2 aromatic rings. The molecule has 0 atom stereocenters. The molecule has 0 spiro atoms. The van der Waals surface area contributed by atoms with E-state index in [4.69, 9.17) is 0 Å². The highest BCUT2D eigenvalue weighted by Crippen LogP contribution is 2.18. The summed E-state index contributed by atoms with van der Waals surface area (Å²) in [5.74, 6) is 1.60. The molecule has 1 aliphatic rings. The van der Waals surface area contributed by atoms with Crippen LogP contribution in [0.15, 0.2) is 41.5 Å². The molecule has 3 rings (SSSR count). The van der Waals surface area contributed by atoms with Gasteiger partial charge in [-0.25, -0.2) is 9.37 Å². The third-order valence-electron chi connectivity index (χ3n) is 5.33. The van der Waals surface area contributed by atoms with E-state index in [2.05, 4.69) is 43.5 Å². The van der Waals surface area contributed by atoms with Crippen LogP contribution in [-0.4, -0.2) is 62.7 Å². The highest BCUT2D eigenvalue weighted by atomic mass is 127. The number of benzene rings is 1. The lowest BCUT2D eigenvalue weighted by Crippen LogP contribution is -2.45. The number of aryl methyl sites for hydroxylation is 1. The first-order valence-electron chi connectivity index (χ1n) is 10.1. The highest BCUT2D eigenvalue weighted by Gasteiger charge is 2.18. The number of halogens is 2. The van der Waals surface area contributed by atoms with Gasteiger partial charge in [-0.05, 0) is 49.7 Å². The molecular formula is C22H32FIN6. The Labute approximate surface area is 196 Å². The minimum atomic E-state index is -0.190. The molecular weight excluding hydrogens is 494 g/mol. The lowest BCUT2D eigenvalue weighted by molar-refractivity contribution is 0.312. The molecule has 0 aliphatic carbocycles. The number of guanidine groups is 1. The summed E-state index contributed by atoms with van der Waals surface area (Å²) >= 11 is 0. The minimum absolute atomic E-state index is 0. The number of aromatic nitrogens is 1. The lowest BCUT2D eigenvalue weighted by Gasteiger charge is -2.34. The average Bonchev–Trinajstić information content (AvgIpc) is 2.73. The van der Waals surface area contributed by atoms with Gasteiger partial charge in [0.05, 0.1) is 0 Å². The molecule has 30 heavy (non-hydrogen) atoms. The summed E-state index contributed by atoms with van der Waals surface area (Å²) in [5.41, 5.74) is 3.27. The Kier molecular flexibility index (Phi) is 9.77. The van der Waals surface area contributed by atoms with Crippen molar-refractivity contribution in [3.05, 3.63) is 59.0 Å². The van der Waals surface area contributed by atoms with Crippen molar-refractivity contribution in [1.29, 1.82) is 0 Å². The Bertz CT molecular complexity index is 836. The average molecular weight is 526 g/mol. The zero-order valence-corrected chi connectivity index (χ0v) is 20.3. The monoisotopic (exact) mass is 526 g/mol. The number of likely N-dealkylation sites (N-methyl/N-ethyl adjacent to an activating group) is 1. The summed E-state index contributed by atoms with van der Waals surface area (Å²) < 4.78 is 13.2. The van der Waals surface area contributed by atoms with E-state index in [1.807, 2.05) is 25.3 Å². The van der Waals surface area contributed by atoms with Crippen LogP contribution in [0.2, 0.25) is 0 Å². The summed E-state index contributed by atoms with van der Waals surface area (Å²) in [7, 11) is 3.92. The van der Waals surface area contributed by atoms with Crippen LogP contribution in [0, 0.1) is 12.7 Å². The van der Waals surface area contributed by atoms with Crippen LogP contribution in [0.4, 0.5) is 10.2 Å². The second-order valence-electron chi connectivity index (χ2n) is 7.45. The Balaban J connectivity index is 0.00000320.